The first kappa shape index (κ1) is 14.0. The molecule has 0 bridgehead atoms. The Morgan fingerprint density at radius 1 is 1.00 bits per heavy atom. The van der Waals surface area contributed by atoms with Crippen LogP contribution in [0.3, 0.4) is 0 Å². The largest absolute Gasteiger partial charge is 2.00 e. The van der Waals surface area contributed by atoms with Gasteiger partial charge in [-0.05, 0) is 5.92 Å². The van der Waals surface area contributed by atoms with Gasteiger partial charge in [0.25, 0.3) is 0 Å². The van der Waals surface area contributed by atoms with E-state index in [4.69, 9.17) is 0 Å². The first-order valence-corrected chi connectivity index (χ1v) is 5.10. The number of nitrogens with zero attached hydrogens (tertiary/aromatic N) is 1. The first-order valence-electron chi connectivity index (χ1n) is 5.10. The molecule has 2 aliphatic rings. The molecule has 2 fully saturated rings. The second kappa shape index (κ2) is 7.32. The van der Waals surface area contributed by atoms with Crippen molar-refractivity contribution in [2.24, 2.45) is 11.8 Å². The summed E-state index contributed by atoms with van der Waals surface area (Å²) in [5, 5.41) is 4.36. The summed E-state index contributed by atoms with van der Waals surface area (Å²) in [4.78, 5) is 0. The Hall–Kier alpha value is 1.01. The van der Waals surface area contributed by atoms with E-state index in [0.717, 1.165) is 18.4 Å². The molecule has 0 aromatic carbocycles. The maximum atomic E-state index is 4.36. The summed E-state index contributed by atoms with van der Waals surface area (Å²) in [6.07, 6.45) is 4.36. The van der Waals surface area contributed by atoms with E-state index in [1.165, 1.54) is 31.7 Å². The van der Waals surface area contributed by atoms with Gasteiger partial charge in [-0.2, -0.15) is 20.8 Å². The fraction of sp³-hybridized carbons (Fsp3) is 0.909. The Bertz CT molecular complexity index is 111. The van der Waals surface area contributed by atoms with Crippen molar-refractivity contribution < 1.29 is 31.1 Å². The maximum absolute atomic E-state index is 4.36. The molecule has 2 heteroatoms. The van der Waals surface area contributed by atoms with E-state index in [9.17, 15) is 0 Å². The van der Waals surface area contributed by atoms with Gasteiger partial charge < -0.3 is 11.2 Å². The van der Waals surface area contributed by atoms with Crippen LogP contribution in [0.2, 0.25) is 0 Å². The SMILES string of the molecule is C1CC2CCC2C[N-]1.C[C-](C)C.[U+2]. The van der Waals surface area contributed by atoms with Crippen LogP contribution in [0.25, 0.3) is 5.32 Å². The van der Waals surface area contributed by atoms with Crippen LogP contribution in [-0.4, -0.2) is 13.1 Å². The summed E-state index contributed by atoms with van der Waals surface area (Å²) in [5.41, 5.74) is 0. The van der Waals surface area contributed by atoms with E-state index in [1.54, 1.807) is 0 Å². The molecule has 0 radical (unpaired) electrons. The molecule has 1 saturated heterocycles. The third-order valence-corrected chi connectivity index (χ3v) is 2.60. The molecule has 1 aliphatic heterocycles. The zero-order chi connectivity index (χ0) is 8.97. The molecule has 0 spiro atoms. The summed E-state index contributed by atoms with van der Waals surface area (Å²) in [5.74, 6) is 3.52. The van der Waals surface area contributed by atoms with Crippen molar-refractivity contribution >= 4 is 0 Å². The van der Waals surface area contributed by atoms with Gasteiger partial charge in [-0.15, -0.1) is 13.1 Å². The first-order chi connectivity index (χ1) is 5.70. The summed E-state index contributed by atoms with van der Waals surface area (Å²) >= 11 is 0. The fourth-order valence-electron chi connectivity index (χ4n) is 1.77. The summed E-state index contributed by atoms with van der Waals surface area (Å²) in [6, 6.07) is 0. The van der Waals surface area contributed by atoms with Crippen molar-refractivity contribution in [2.45, 2.75) is 40.0 Å². The molecule has 0 aromatic heterocycles. The van der Waals surface area contributed by atoms with Gasteiger partial charge in [-0.25, -0.2) is 0 Å². The van der Waals surface area contributed by atoms with Crippen LogP contribution in [0.5, 0.6) is 0 Å². The summed E-state index contributed by atoms with van der Waals surface area (Å²) in [6.45, 7) is 8.59. The molecule has 0 amide bonds. The number of rotatable bonds is 0. The fourth-order valence-corrected chi connectivity index (χ4v) is 1.77. The van der Waals surface area contributed by atoms with E-state index in [-0.39, 0.29) is 31.1 Å². The van der Waals surface area contributed by atoms with Gasteiger partial charge in [-0.1, -0.05) is 25.2 Å². The van der Waals surface area contributed by atoms with Gasteiger partial charge in [-0.3, -0.25) is 0 Å². The minimum atomic E-state index is 0. The Morgan fingerprint density at radius 2 is 1.54 bits per heavy atom. The van der Waals surface area contributed by atoms with Gasteiger partial charge in [0.1, 0.15) is 0 Å². The van der Waals surface area contributed by atoms with Gasteiger partial charge >= 0.3 is 31.1 Å². The van der Waals surface area contributed by atoms with Crippen molar-refractivity contribution in [3.63, 3.8) is 0 Å². The number of hydrogen-bond donors (Lipinski definition) is 0. The minimum Gasteiger partial charge on any atom is -0.662 e. The Morgan fingerprint density at radius 3 is 1.77 bits per heavy atom. The third-order valence-electron chi connectivity index (χ3n) is 2.60. The van der Waals surface area contributed by atoms with E-state index >= 15 is 0 Å². The van der Waals surface area contributed by atoms with Crippen molar-refractivity contribution in [3.05, 3.63) is 11.2 Å². The molecule has 1 heterocycles. The van der Waals surface area contributed by atoms with Crippen LogP contribution in [-0.2, 0) is 0 Å². The topological polar surface area (TPSA) is 14.1 Å². The standard InChI is InChI=1S/C7H12N.C4H9.U/c1-2-7-5-8-4-3-6(1)7;1-4(2)3;/h6-7H,1-5H2;1-3H3;/q2*-1;+2. The quantitative estimate of drug-likeness (QED) is 0.549. The van der Waals surface area contributed by atoms with Crippen LogP contribution < -0.4 is 0 Å². The number of piperidine rings is 1. The number of hydrogen-bond acceptors (Lipinski definition) is 0. The molecule has 0 aromatic rings. The van der Waals surface area contributed by atoms with Crippen molar-refractivity contribution in [2.75, 3.05) is 13.1 Å². The smallest absolute Gasteiger partial charge is 0.662 e. The Kier molecular flexibility index (Phi) is 7.89. The zero-order valence-electron chi connectivity index (χ0n) is 9.14. The molecular formula is C11H21NU. The molecule has 1 nitrogen and oxygen atoms in total. The van der Waals surface area contributed by atoms with Gasteiger partial charge in [0.05, 0.1) is 0 Å². The van der Waals surface area contributed by atoms with E-state index in [0.29, 0.717) is 0 Å². The summed E-state index contributed by atoms with van der Waals surface area (Å²) in [7, 11) is 0. The van der Waals surface area contributed by atoms with Crippen LogP contribution in [0.15, 0.2) is 0 Å². The van der Waals surface area contributed by atoms with Crippen LogP contribution in [0.4, 0.5) is 0 Å². The van der Waals surface area contributed by atoms with Gasteiger partial charge in [0, 0.05) is 0 Å². The molecule has 1 saturated carbocycles. The molecule has 1 aliphatic carbocycles. The maximum Gasteiger partial charge on any atom is 2.00 e. The molecular weight excluding hydrogens is 384 g/mol. The Labute approximate surface area is 107 Å². The predicted molar refractivity (Wildman–Crippen MR) is 54.2 cm³/mol. The minimum absolute atomic E-state index is 0. The average Bonchev–Trinajstić information content (AvgIpc) is 1.90. The average molecular weight is 405 g/mol. The van der Waals surface area contributed by atoms with Gasteiger partial charge in [0.2, 0.25) is 0 Å². The van der Waals surface area contributed by atoms with Crippen molar-refractivity contribution in [1.29, 1.82) is 0 Å². The predicted octanol–water partition coefficient (Wildman–Crippen LogP) is 3.41. The molecule has 0 N–H and O–H groups in total. The molecule has 2 unspecified atom stereocenters. The van der Waals surface area contributed by atoms with Crippen molar-refractivity contribution in [1.82, 2.24) is 0 Å². The monoisotopic (exact) mass is 405 g/mol. The van der Waals surface area contributed by atoms with E-state index < -0.39 is 0 Å². The second-order valence-corrected chi connectivity index (χ2v) is 4.52. The van der Waals surface area contributed by atoms with Crippen LogP contribution >= 0.6 is 0 Å². The van der Waals surface area contributed by atoms with Crippen molar-refractivity contribution in [3.8, 4) is 0 Å². The molecule has 2 rings (SSSR count). The second-order valence-electron chi connectivity index (χ2n) is 4.52. The van der Waals surface area contributed by atoms with Crippen LogP contribution in [0.1, 0.15) is 40.0 Å². The third kappa shape index (κ3) is 5.45. The van der Waals surface area contributed by atoms with E-state index in [1.807, 2.05) is 0 Å². The van der Waals surface area contributed by atoms with Gasteiger partial charge in [0.15, 0.2) is 0 Å². The van der Waals surface area contributed by atoms with E-state index in [2.05, 4.69) is 26.1 Å². The summed E-state index contributed by atoms with van der Waals surface area (Å²) < 4.78 is 0. The molecule has 74 valence electrons. The molecule has 13 heavy (non-hydrogen) atoms. The Balaban J connectivity index is 0.000000256. The normalized spacial score (nSPS) is 30.5. The van der Waals surface area contributed by atoms with Crippen LogP contribution in [0, 0.1) is 48.9 Å². The zero-order valence-corrected chi connectivity index (χ0v) is 13.3. The number of fused-ring (bicyclic) bond motifs is 1. The molecule has 2 atom stereocenters.